The summed E-state index contributed by atoms with van der Waals surface area (Å²) in [5, 5.41) is 21.3. The normalized spacial score (nSPS) is 19.1. The van der Waals surface area contributed by atoms with Gasteiger partial charge in [-0.1, -0.05) is 30.3 Å². The van der Waals surface area contributed by atoms with Crippen molar-refractivity contribution >= 4 is 5.82 Å². The summed E-state index contributed by atoms with van der Waals surface area (Å²) in [6.45, 7) is 7.55. The highest BCUT2D eigenvalue weighted by atomic mass is 16.5. The SMILES string of the molecule is Cc1cc2n(n1)C[C@H](CNC[C@@H](O)CO[C@@H](C)c1ccccc1)CN2. The van der Waals surface area contributed by atoms with E-state index < -0.39 is 6.10 Å². The number of nitrogens with zero attached hydrogens (tertiary/aromatic N) is 2. The molecule has 6 nitrogen and oxygen atoms in total. The number of aryl methyl sites for hydroxylation is 1. The van der Waals surface area contributed by atoms with Gasteiger partial charge in [0.05, 0.1) is 24.5 Å². The van der Waals surface area contributed by atoms with Crippen molar-refractivity contribution in [3.63, 3.8) is 0 Å². The zero-order chi connectivity index (χ0) is 17.6. The molecule has 3 atom stereocenters. The van der Waals surface area contributed by atoms with Crippen molar-refractivity contribution < 1.29 is 9.84 Å². The number of aliphatic hydroxyl groups excluding tert-OH is 1. The number of anilines is 1. The molecule has 0 radical (unpaired) electrons. The van der Waals surface area contributed by atoms with Crippen LogP contribution in [0, 0.1) is 12.8 Å². The van der Waals surface area contributed by atoms with Gasteiger partial charge in [0.2, 0.25) is 0 Å². The number of fused-ring (bicyclic) bond motifs is 1. The summed E-state index contributed by atoms with van der Waals surface area (Å²) < 4.78 is 7.79. The van der Waals surface area contributed by atoms with E-state index in [1.54, 1.807) is 0 Å². The molecule has 0 spiro atoms. The van der Waals surface area contributed by atoms with Gasteiger partial charge in [0.15, 0.2) is 0 Å². The van der Waals surface area contributed by atoms with E-state index in [-0.39, 0.29) is 6.10 Å². The molecule has 0 bridgehead atoms. The maximum absolute atomic E-state index is 10.1. The van der Waals surface area contributed by atoms with Crippen molar-refractivity contribution in [2.75, 3.05) is 31.6 Å². The second kappa shape index (κ2) is 8.47. The van der Waals surface area contributed by atoms with Crippen LogP contribution in [-0.4, -0.2) is 47.2 Å². The van der Waals surface area contributed by atoms with E-state index in [1.165, 1.54) is 0 Å². The summed E-state index contributed by atoms with van der Waals surface area (Å²) in [7, 11) is 0. The predicted octanol–water partition coefficient (Wildman–Crippen LogP) is 1.96. The molecular weight excluding hydrogens is 316 g/mol. The van der Waals surface area contributed by atoms with Crippen molar-refractivity contribution in [3.05, 3.63) is 47.7 Å². The van der Waals surface area contributed by atoms with Gasteiger partial charge in [0.1, 0.15) is 5.82 Å². The van der Waals surface area contributed by atoms with Crippen LogP contribution in [0.5, 0.6) is 0 Å². The van der Waals surface area contributed by atoms with E-state index >= 15 is 0 Å². The third-order valence-electron chi connectivity index (χ3n) is 4.53. The fourth-order valence-electron chi connectivity index (χ4n) is 3.11. The molecule has 1 aromatic carbocycles. The molecular formula is C19H28N4O2. The minimum absolute atomic E-state index is 0.0140. The first-order chi connectivity index (χ1) is 12.1. The number of rotatable bonds is 8. The van der Waals surface area contributed by atoms with Crippen molar-refractivity contribution in [1.29, 1.82) is 0 Å². The Morgan fingerprint density at radius 2 is 2.20 bits per heavy atom. The van der Waals surface area contributed by atoms with Gasteiger partial charge >= 0.3 is 0 Å². The van der Waals surface area contributed by atoms with E-state index in [4.69, 9.17) is 4.74 Å². The van der Waals surface area contributed by atoms with Crippen LogP contribution in [0.25, 0.3) is 0 Å². The van der Waals surface area contributed by atoms with Crippen LogP contribution in [0.15, 0.2) is 36.4 Å². The minimum atomic E-state index is -0.509. The number of nitrogens with one attached hydrogen (secondary N) is 2. The molecule has 136 valence electrons. The van der Waals surface area contributed by atoms with Gasteiger partial charge in [-0.3, -0.25) is 0 Å². The van der Waals surface area contributed by atoms with Crippen molar-refractivity contribution in [3.8, 4) is 0 Å². The van der Waals surface area contributed by atoms with E-state index in [0.717, 1.165) is 36.7 Å². The molecule has 1 aliphatic rings. The zero-order valence-corrected chi connectivity index (χ0v) is 15.0. The summed E-state index contributed by atoms with van der Waals surface area (Å²) in [6.07, 6.45) is -0.523. The van der Waals surface area contributed by atoms with Crippen molar-refractivity contribution in [2.45, 2.75) is 32.6 Å². The van der Waals surface area contributed by atoms with Crippen LogP contribution in [-0.2, 0) is 11.3 Å². The van der Waals surface area contributed by atoms with Crippen LogP contribution in [0.4, 0.5) is 5.82 Å². The van der Waals surface area contributed by atoms with E-state index in [0.29, 0.717) is 19.1 Å². The Morgan fingerprint density at radius 3 is 3.00 bits per heavy atom. The van der Waals surface area contributed by atoms with Crippen molar-refractivity contribution in [1.82, 2.24) is 15.1 Å². The van der Waals surface area contributed by atoms with Gasteiger partial charge in [-0.2, -0.15) is 5.10 Å². The van der Waals surface area contributed by atoms with Crippen LogP contribution in [0.3, 0.4) is 0 Å². The zero-order valence-electron chi connectivity index (χ0n) is 15.0. The third-order valence-corrected chi connectivity index (χ3v) is 4.53. The van der Waals surface area contributed by atoms with Gasteiger partial charge in [-0.05, 0) is 19.4 Å². The molecule has 0 amide bonds. The van der Waals surface area contributed by atoms with Crippen molar-refractivity contribution in [2.24, 2.45) is 5.92 Å². The van der Waals surface area contributed by atoms with Crippen LogP contribution < -0.4 is 10.6 Å². The maximum Gasteiger partial charge on any atom is 0.124 e. The first-order valence-corrected chi connectivity index (χ1v) is 8.95. The fourth-order valence-corrected chi connectivity index (χ4v) is 3.11. The Kier molecular flexibility index (Phi) is 6.07. The quantitative estimate of drug-likeness (QED) is 0.683. The lowest BCUT2D eigenvalue weighted by atomic mass is 10.1. The largest absolute Gasteiger partial charge is 0.389 e. The summed E-state index contributed by atoms with van der Waals surface area (Å²) in [5.41, 5.74) is 2.16. The number of hydrogen-bond donors (Lipinski definition) is 3. The molecule has 2 aromatic rings. The first-order valence-electron chi connectivity index (χ1n) is 8.95. The smallest absolute Gasteiger partial charge is 0.124 e. The lowest BCUT2D eigenvalue weighted by Crippen LogP contribution is -2.39. The Hall–Kier alpha value is -1.89. The van der Waals surface area contributed by atoms with Gasteiger partial charge in [0.25, 0.3) is 0 Å². The number of aliphatic hydroxyl groups is 1. The summed E-state index contributed by atoms with van der Waals surface area (Å²) in [5.74, 6) is 1.56. The Morgan fingerprint density at radius 1 is 1.40 bits per heavy atom. The number of ether oxygens (including phenoxy) is 1. The minimum Gasteiger partial charge on any atom is -0.389 e. The molecule has 0 aliphatic carbocycles. The molecule has 3 N–H and O–H groups in total. The predicted molar refractivity (Wildman–Crippen MR) is 98.6 cm³/mol. The van der Waals surface area contributed by atoms with Gasteiger partial charge in [0, 0.05) is 38.2 Å². The first kappa shape index (κ1) is 17.9. The van der Waals surface area contributed by atoms with E-state index in [2.05, 4.69) is 21.8 Å². The summed E-state index contributed by atoms with van der Waals surface area (Å²) in [6, 6.07) is 12.1. The molecule has 0 fully saturated rings. The van der Waals surface area contributed by atoms with Crippen LogP contribution in [0.2, 0.25) is 0 Å². The Bertz CT molecular complexity index is 659. The fraction of sp³-hybridized carbons (Fsp3) is 0.526. The molecule has 25 heavy (non-hydrogen) atoms. The van der Waals surface area contributed by atoms with Gasteiger partial charge in [-0.15, -0.1) is 0 Å². The van der Waals surface area contributed by atoms with E-state index in [1.807, 2.05) is 48.9 Å². The highest BCUT2D eigenvalue weighted by molar-refractivity contribution is 5.38. The second-order valence-corrected chi connectivity index (χ2v) is 6.80. The molecule has 6 heteroatoms. The monoisotopic (exact) mass is 344 g/mol. The number of hydrogen-bond acceptors (Lipinski definition) is 5. The second-order valence-electron chi connectivity index (χ2n) is 6.80. The average Bonchev–Trinajstić information content (AvgIpc) is 2.99. The molecule has 2 heterocycles. The maximum atomic E-state index is 10.1. The lowest BCUT2D eigenvalue weighted by molar-refractivity contribution is -0.00228. The van der Waals surface area contributed by atoms with Crippen LogP contribution in [0.1, 0.15) is 24.3 Å². The third kappa shape index (κ3) is 5.04. The number of aromatic nitrogens is 2. The summed E-state index contributed by atoms with van der Waals surface area (Å²) in [4.78, 5) is 0. The van der Waals surface area contributed by atoms with Gasteiger partial charge in [-0.25, -0.2) is 4.68 Å². The van der Waals surface area contributed by atoms with E-state index in [9.17, 15) is 5.11 Å². The summed E-state index contributed by atoms with van der Waals surface area (Å²) >= 11 is 0. The molecule has 1 aliphatic heterocycles. The van der Waals surface area contributed by atoms with Crippen LogP contribution >= 0.6 is 0 Å². The lowest BCUT2D eigenvalue weighted by Gasteiger charge is -2.25. The average molecular weight is 344 g/mol. The molecule has 0 saturated heterocycles. The standard InChI is InChI=1S/C19H28N4O2/c1-14-8-19-21-10-16(12-23(19)22-14)9-20-11-18(24)13-25-15(2)17-6-4-3-5-7-17/h3-8,15-16,18,20-21,24H,9-13H2,1-2H3/t15-,16+,18+/m0/s1. The molecule has 0 unspecified atom stereocenters. The topological polar surface area (TPSA) is 71.3 Å². The van der Waals surface area contributed by atoms with Gasteiger partial charge < -0.3 is 20.5 Å². The molecule has 0 saturated carbocycles. The Labute approximate surface area is 149 Å². The Balaban J connectivity index is 1.34. The number of benzene rings is 1. The molecule has 1 aromatic heterocycles. The highest BCUT2D eigenvalue weighted by Gasteiger charge is 2.19. The highest BCUT2D eigenvalue weighted by Crippen LogP contribution is 2.18. The molecule has 3 rings (SSSR count).